The predicted molar refractivity (Wildman–Crippen MR) is 94.1 cm³/mol. The minimum Gasteiger partial charge on any atom is -0.496 e. The third-order valence-electron chi connectivity index (χ3n) is 4.01. The van der Waals surface area contributed by atoms with Gasteiger partial charge in [0.25, 0.3) is 5.69 Å². The molecule has 7 nitrogen and oxygen atoms in total. The molecule has 1 aromatic heterocycles. The molecule has 2 aromatic carbocycles. The molecule has 0 aliphatic rings. The Labute approximate surface area is 149 Å². The van der Waals surface area contributed by atoms with Crippen molar-refractivity contribution in [2.45, 2.75) is 20.0 Å². The number of carbonyl (C=O) groups is 1. The van der Waals surface area contributed by atoms with Crippen molar-refractivity contribution in [2.75, 3.05) is 7.11 Å². The van der Waals surface area contributed by atoms with Crippen LogP contribution < -0.4 is 4.74 Å². The predicted octanol–water partition coefficient (Wildman–Crippen LogP) is 3.94. The summed E-state index contributed by atoms with van der Waals surface area (Å²) in [6, 6.07) is 9.90. The molecule has 26 heavy (non-hydrogen) atoms. The summed E-state index contributed by atoms with van der Waals surface area (Å²) in [6.45, 7) is 1.85. The first-order valence-electron chi connectivity index (χ1n) is 7.91. The first-order chi connectivity index (χ1) is 12.5. The van der Waals surface area contributed by atoms with Gasteiger partial charge in [-0.15, -0.1) is 0 Å². The van der Waals surface area contributed by atoms with Crippen LogP contribution in [0.1, 0.15) is 16.7 Å². The zero-order valence-corrected chi connectivity index (χ0v) is 14.4. The van der Waals surface area contributed by atoms with Crippen molar-refractivity contribution in [2.24, 2.45) is 0 Å². The van der Waals surface area contributed by atoms with Crippen LogP contribution in [0.2, 0.25) is 0 Å². The maximum Gasteiger partial charge on any atom is 0.310 e. The number of benzene rings is 2. The maximum absolute atomic E-state index is 12.2. The summed E-state index contributed by atoms with van der Waals surface area (Å²) < 4.78 is 15.9. The van der Waals surface area contributed by atoms with Gasteiger partial charge in [0.05, 0.1) is 24.7 Å². The number of nitrogens with zero attached hydrogens (tertiary/aromatic N) is 1. The van der Waals surface area contributed by atoms with Gasteiger partial charge in [0, 0.05) is 28.6 Å². The van der Waals surface area contributed by atoms with Crippen molar-refractivity contribution in [3.8, 4) is 5.75 Å². The average Bonchev–Trinajstić information content (AvgIpc) is 3.01. The lowest BCUT2D eigenvalue weighted by Gasteiger charge is -2.09. The largest absolute Gasteiger partial charge is 0.496 e. The number of aryl methyl sites for hydroxylation is 1. The van der Waals surface area contributed by atoms with E-state index < -0.39 is 10.9 Å². The van der Waals surface area contributed by atoms with Gasteiger partial charge in [0.2, 0.25) is 0 Å². The van der Waals surface area contributed by atoms with Gasteiger partial charge >= 0.3 is 5.97 Å². The number of nitro benzene ring substituents is 1. The molecule has 1 heterocycles. The molecule has 0 aliphatic carbocycles. The number of hydrogen-bond donors (Lipinski definition) is 0. The summed E-state index contributed by atoms with van der Waals surface area (Å²) in [5.74, 6) is -0.0329. The molecule has 0 bridgehead atoms. The van der Waals surface area contributed by atoms with Gasteiger partial charge in [-0.25, -0.2) is 0 Å². The Balaban J connectivity index is 1.70. The molecule has 0 amide bonds. The Kier molecular flexibility index (Phi) is 4.88. The maximum atomic E-state index is 12.2. The fourth-order valence-electron chi connectivity index (χ4n) is 2.68. The molecule has 0 fully saturated rings. The number of carbonyl (C=O) groups excluding carboxylic acids is 1. The van der Waals surface area contributed by atoms with Gasteiger partial charge in [-0.2, -0.15) is 0 Å². The molecule has 134 valence electrons. The Hall–Kier alpha value is -3.35. The van der Waals surface area contributed by atoms with E-state index in [1.807, 2.05) is 25.1 Å². The lowest BCUT2D eigenvalue weighted by atomic mass is 10.1. The summed E-state index contributed by atoms with van der Waals surface area (Å²) in [4.78, 5) is 22.6. The van der Waals surface area contributed by atoms with E-state index in [0.717, 1.165) is 16.5 Å². The standard InChI is InChI=1S/C19H17NO6/c1-12-3-5-16-13(10-25-18(16)7-12)9-19(21)26-11-14-8-15(20(22)23)4-6-17(14)24-2/h3-8,10H,9,11H2,1-2H3. The van der Waals surface area contributed by atoms with Crippen LogP contribution in [0.25, 0.3) is 11.0 Å². The van der Waals surface area contributed by atoms with Crippen LogP contribution in [0.3, 0.4) is 0 Å². The van der Waals surface area contributed by atoms with E-state index >= 15 is 0 Å². The highest BCUT2D eigenvalue weighted by Gasteiger charge is 2.15. The normalized spacial score (nSPS) is 10.7. The zero-order valence-electron chi connectivity index (χ0n) is 14.4. The van der Waals surface area contributed by atoms with Crippen LogP contribution in [-0.2, 0) is 22.6 Å². The molecule has 0 saturated heterocycles. The van der Waals surface area contributed by atoms with E-state index in [1.54, 1.807) is 6.26 Å². The highest BCUT2D eigenvalue weighted by atomic mass is 16.6. The van der Waals surface area contributed by atoms with E-state index in [-0.39, 0.29) is 18.7 Å². The first-order valence-corrected chi connectivity index (χ1v) is 7.91. The van der Waals surface area contributed by atoms with Gasteiger partial charge in [0.1, 0.15) is 17.9 Å². The molecule has 3 rings (SSSR count). The van der Waals surface area contributed by atoms with Crippen LogP contribution >= 0.6 is 0 Å². The van der Waals surface area contributed by atoms with Crippen LogP contribution in [0.4, 0.5) is 5.69 Å². The Bertz CT molecular complexity index is 975. The molecule has 7 heteroatoms. The van der Waals surface area contributed by atoms with Crippen molar-refractivity contribution in [1.29, 1.82) is 0 Å². The number of hydrogen-bond acceptors (Lipinski definition) is 6. The fourth-order valence-corrected chi connectivity index (χ4v) is 2.68. The van der Waals surface area contributed by atoms with E-state index in [9.17, 15) is 14.9 Å². The summed E-state index contributed by atoms with van der Waals surface area (Å²) >= 11 is 0. The third-order valence-corrected chi connectivity index (χ3v) is 4.01. The zero-order chi connectivity index (χ0) is 18.7. The molecule has 0 radical (unpaired) electrons. The van der Waals surface area contributed by atoms with Crippen molar-refractivity contribution in [3.63, 3.8) is 0 Å². The van der Waals surface area contributed by atoms with Crippen LogP contribution in [-0.4, -0.2) is 18.0 Å². The average molecular weight is 355 g/mol. The SMILES string of the molecule is COc1ccc([N+](=O)[O-])cc1COC(=O)Cc1coc2cc(C)ccc12. The lowest BCUT2D eigenvalue weighted by Crippen LogP contribution is -2.08. The number of ether oxygens (including phenoxy) is 2. The van der Waals surface area contributed by atoms with Crippen molar-refractivity contribution >= 4 is 22.6 Å². The summed E-state index contributed by atoms with van der Waals surface area (Å²) in [6.07, 6.45) is 1.59. The highest BCUT2D eigenvalue weighted by molar-refractivity contribution is 5.86. The van der Waals surface area contributed by atoms with Crippen molar-refractivity contribution in [3.05, 3.63) is 69.5 Å². The van der Waals surface area contributed by atoms with Crippen LogP contribution in [0.5, 0.6) is 5.75 Å². The van der Waals surface area contributed by atoms with Crippen molar-refractivity contribution in [1.82, 2.24) is 0 Å². The molecule has 0 atom stereocenters. The minimum atomic E-state index is -0.510. The van der Waals surface area contributed by atoms with E-state index in [0.29, 0.717) is 16.9 Å². The second kappa shape index (κ2) is 7.26. The molecule has 0 N–H and O–H groups in total. The lowest BCUT2D eigenvalue weighted by molar-refractivity contribution is -0.385. The number of methoxy groups -OCH3 is 1. The smallest absolute Gasteiger partial charge is 0.310 e. The second-order valence-electron chi connectivity index (χ2n) is 5.85. The van der Waals surface area contributed by atoms with Crippen molar-refractivity contribution < 1.29 is 23.6 Å². The second-order valence-corrected chi connectivity index (χ2v) is 5.85. The number of esters is 1. The van der Waals surface area contributed by atoms with Gasteiger partial charge in [0.15, 0.2) is 0 Å². The molecule has 0 unspecified atom stereocenters. The highest BCUT2D eigenvalue weighted by Crippen LogP contribution is 2.26. The Morgan fingerprint density at radius 2 is 2.00 bits per heavy atom. The number of furan rings is 1. The quantitative estimate of drug-likeness (QED) is 0.378. The molecular formula is C19H17NO6. The monoisotopic (exact) mass is 355 g/mol. The first kappa shape index (κ1) is 17.5. The molecule has 3 aromatic rings. The summed E-state index contributed by atoms with van der Waals surface area (Å²) in [5, 5.41) is 11.8. The molecule has 0 spiro atoms. The number of fused-ring (bicyclic) bond motifs is 1. The molecule has 0 aliphatic heterocycles. The van der Waals surface area contributed by atoms with Gasteiger partial charge in [-0.1, -0.05) is 12.1 Å². The van der Waals surface area contributed by atoms with Crippen LogP contribution in [0, 0.1) is 17.0 Å². The molecular weight excluding hydrogens is 338 g/mol. The number of nitro groups is 1. The topological polar surface area (TPSA) is 91.8 Å². The van der Waals surface area contributed by atoms with Crippen LogP contribution in [0.15, 0.2) is 47.1 Å². The fraction of sp³-hybridized carbons (Fsp3) is 0.211. The summed E-state index contributed by atoms with van der Waals surface area (Å²) in [7, 11) is 1.45. The molecule has 0 saturated carbocycles. The Morgan fingerprint density at radius 3 is 2.73 bits per heavy atom. The third kappa shape index (κ3) is 3.66. The Morgan fingerprint density at radius 1 is 1.19 bits per heavy atom. The van der Waals surface area contributed by atoms with Gasteiger partial charge < -0.3 is 13.9 Å². The number of non-ortho nitro benzene ring substituents is 1. The number of rotatable bonds is 6. The summed E-state index contributed by atoms with van der Waals surface area (Å²) in [5.41, 5.74) is 2.86. The van der Waals surface area contributed by atoms with Gasteiger partial charge in [-0.05, 0) is 24.6 Å². The van der Waals surface area contributed by atoms with E-state index in [2.05, 4.69) is 0 Å². The minimum absolute atomic E-state index is 0.0489. The van der Waals surface area contributed by atoms with E-state index in [1.165, 1.54) is 25.3 Å². The van der Waals surface area contributed by atoms with Gasteiger partial charge in [-0.3, -0.25) is 14.9 Å². The van der Waals surface area contributed by atoms with E-state index in [4.69, 9.17) is 13.9 Å².